The summed E-state index contributed by atoms with van der Waals surface area (Å²) >= 11 is 0. The van der Waals surface area contributed by atoms with E-state index in [-0.39, 0.29) is 12.5 Å². The minimum atomic E-state index is -0.711. The lowest BCUT2D eigenvalue weighted by Crippen LogP contribution is -2.17. The van der Waals surface area contributed by atoms with E-state index < -0.39 is 5.97 Å². The molecule has 190 valence electrons. The molecule has 35 heavy (non-hydrogen) atoms. The average molecular weight is 477 g/mol. The van der Waals surface area contributed by atoms with Gasteiger partial charge in [0.2, 0.25) is 0 Å². The Balaban J connectivity index is 1.59. The van der Waals surface area contributed by atoms with E-state index in [1.54, 1.807) is 0 Å². The number of hydrogen-bond donors (Lipinski definition) is 1. The van der Waals surface area contributed by atoms with Gasteiger partial charge in [-0.3, -0.25) is 4.79 Å². The maximum absolute atomic E-state index is 11.0. The highest BCUT2D eigenvalue weighted by atomic mass is 16.5. The second kappa shape index (κ2) is 15.4. The van der Waals surface area contributed by atoms with E-state index in [2.05, 4.69) is 61.5 Å². The summed E-state index contributed by atoms with van der Waals surface area (Å²) in [5, 5.41) is 13.7. The van der Waals surface area contributed by atoms with Crippen molar-refractivity contribution in [2.24, 2.45) is 0 Å². The monoisotopic (exact) mass is 476 g/mol. The van der Waals surface area contributed by atoms with E-state index in [1.165, 1.54) is 75.0 Å². The van der Waals surface area contributed by atoms with Gasteiger partial charge >= 0.3 is 5.97 Å². The van der Waals surface area contributed by atoms with Crippen molar-refractivity contribution in [3.05, 3.63) is 54.6 Å². The predicted molar refractivity (Wildman–Crippen MR) is 148 cm³/mol. The molecule has 0 saturated carbocycles. The standard InChI is InChI=1S/C32H44O3/c1-2-3-4-5-6-7-8-9-10-11-20-28(21-14-17-24-31(33)34)35-32-29-22-15-12-18-26(29)25-27-19-13-16-23-30(27)32/h12-13,15-16,18-19,22-23,25,28H,2-11,14,17,20-21,24H2,1H3,(H,33,34)/t28-/m0/s1. The highest BCUT2D eigenvalue weighted by Gasteiger charge is 2.16. The molecule has 0 aliphatic rings. The van der Waals surface area contributed by atoms with Gasteiger partial charge in [0, 0.05) is 17.2 Å². The Labute approximate surface area is 211 Å². The van der Waals surface area contributed by atoms with Crippen molar-refractivity contribution < 1.29 is 14.6 Å². The van der Waals surface area contributed by atoms with Crippen molar-refractivity contribution in [1.29, 1.82) is 0 Å². The molecule has 3 aromatic rings. The van der Waals surface area contributed by atoms with E-state index in [4.69, 9.17) is 9.84 Å². The van der Waals surface area contributed by atoms with Gasteiger partial charge in [-0.2, -0.15) is 0 Å². The fourth-order valence-electron chi connectivity index (χ4n) is 5.04. The van der Waals surface area contributed by atoms with E-state index in [9.17, 15) is 4.79 Å². The van der Waals surface area contributed by atoms with Crippen LogP contribution in [0.25, 0.3) is 21.5 Å². The third-order valence-corrected chi connectivity index (χ3v) is 7.05. The number of rotatable bonds is 18. The van der Waals surface area contributed by atoms with Crippen molar-refractivity contribution in [2.45, 2.75) is 109 Å². The summed E-state index contributed by atoms with van der Waals surface area (Å²) in [5.41, 5.74) is 0. The second-order valence-electron chi connectivity index (χ2n) is 10.00. The van der Waals surface area contributed by atoms with E-state index >= 15 is 0 Å². The van der Waals surface area contributed by atoms with Gasteiger partial charge in [-0.15, -0.1) is 0 Å². The molecule has 0 amide bonds. The Bertz CT molecular complexity index is 972. The van der Waals surface area contributed by atoms with Crippen LogP contribution in [-0.2, 0) is 4.79 Å². The van der Waals surface area contributed by atoms with Crippen LogP contribution in [-0.4, -0.2) is 17.2 Å². The van der Waals surface area contributed by atoms with Crippen molar-refractivity contribution in [3.63, 3.8) is 0 Å². The van der Waals surface area contributed by atoms with Gasteiger partial charge in [-0.05, 0) is 48.9 Å². The molecule has 0 aliphatic heterocycles. The fraction of sp³-hybridized carbons (Fsp3) is 0.531. The molecule has 0 aromatic heterocycles. The first kappa shape index (κ1) is 27.0. The number of carbonyl (C=O) groups is 1. The molecule has 0 aliphatic carbocycles. The minimum Gasteiger partial charge on any atom is -0.489 e. The van der Waals surface area contributed by atoms with Crippen LogP contribution >= 0.6 is 0 Å². The lowest BCUT2D eigenvalue weighted by atomic mass is 10.00. The number of fused-ring (bicyclic) bond motifs is 2. The summed E-state index contributed by atoms with van der Waals surface area (Å²) in [7, 11) is 0. The summed E-state index contributed by atoms with van der Waals surface area (Å²) in [6, 6.07) is 19.2. The molecule has 0 fully saturated rings. The molecule has 1 N–H and O–H groups in total. The first-order valence-corrected chi connectivity index (χ1v) is 14.0. The molecule has 0 unspecified atom stereocenters. The number of ether oxygens (including phenoxy) is 1. The van der Waals surface area contributed by atoms with E-state index in [0.717, 1.165) is 35.8 Å². The van der Waals surface area contributed by atoms with Gasteiger partial charge in [0.15, 0.2) is 0 Å². The number of hydrogen-bond acceptors (Lipinski definition) is 2. The van der Waals surface area contributed by atoms with E-state index in [0.29, 0.717) is 6.42 Å². The minimum absolute atomic E-state index is 0.118. The Morgan fingerprint density at radius 3 is 1.74 bits per heavy atom. The first-order chi connectivity index (χ1) is 17.2. The smallest absolute Gasteiger partial charge is 0.303 e. The zero-order valence-corrected chi connectivity index (χ0v) is 21.6. The van der Waals surface area contributed by atoms with Crippen LogP contribution in [0.1, 0.15) is 103 Å². The normalized spacial score (nSPS) is 12.3. The molecule has 3 nitrogen and oxygen atoms in total. The SMILES string of the molecule is CCCCCCCCCCCC[C@@H](CCCCC(=O)O)Oc1c2ccccc2cc2ccccc12. The average Bonchev–Trinajstić information content (AvgIpc) is 2.87. The van der Waals surface area contributed by atoms with Gasteiger partial charge in [0.25, 0.3) is 0 Å². The summed E-state index contributed by atoms with van der Waals surface area (Å²) in [6.45, 7) is 2.27. The number of carboxylic acids is 1. The lowest BCUT2D eigenvalue weighted by molar-refractivity contribution is -0.137. The van der Waals surface area contributed by atoms with E-state index in [1.807, 2.05) is 0 Å². The highest BCUT2D eigenvalue weighted by molar-refractivity contribution is 6.05. The quantitative estimate of drug-likeness (QED) is 0.147. The van der Waals surface area contributed by atoms with Gasteiger partial charge in [-0.1, -0.05) is 113 Å². The molecule has 3 heteroatoms. The number of carboxylic acid groups (broad SMARTS) is 1. The van der Waals surface area contributed by atoms with Gasteiger partial charge in [0.05, 0.1) is 6.10 Å². The van der Waals surface area contributed by atoms with Crippen molar-refractivity contribution >= 4 is 27.5 Å². The van der Waals surface area contributed by atoms with Crippen LogP contribution in [0.3, 0.4) is 0 Å². The van der Waals surface area contributed by atoms with Crippen LogP contribution in [0.2, 0.25) is 0 Å². The molecule has 3 aromatic carbocycles. The number of aliphatic carboxylic acids is 1. The molecular formula is C32H44O3. The third kappa shape index (κ3) is 9.20. The number of benzene rings is 3. The van der Waals surface area contributed by atoms with Crippen molar-refractivity contribution in [2.75, 3.05) is 0 Å². The first-order valence-electron chi connectivity index (χ1n) is 14.0. The molecule has 1 atom stereocenters. The summed E-state index contributed by atoms with van der Waals surface area (Å²) in [4.78, 5) is 11.0. The van der Waals surface area contributed by atoms with Crippen LogP contribution in [0.5, 0.6) is 5.75 Å². The third-order valence-electron chi connectivity index (χ3n) is 7.05. The zero-order valence-electron chi connectivity index (χ0n) is 21.6. The molecule has 0 heterocycles. The number of unbranched alkanes of at least 4 members (excludes halogenated alkanes) is 10. The van der Waals surface area contributed by atoms with Crippen LogP contribution in [0.4, 0.5) is 0 Å². The summed E-state index contributed by atoms with van der Waals surface area (Å²) < 4.78 is 6.78. The zero-order chi connectivity index (χ0) is 24.7. The molecule has 0 radical (unpaired) electrons. The Morgan fingerprint density at radius 2 is 1.20 bits per heavy atom. The molecule has 0 bridgehead atoms. The highest BCUT2D eigenvalue weighted by Crippen LogP contribution is 2.36. The topological polar surface area (TPSA) is 46.5 Å². The van der Waals surface area contributed by atoms with Gasteiger partial charge in [-0.25, -0.2) is 0 Å². The van der Waals surface area contributed by atoms with Gasteiger partial charge in [0.1, 0.15) is 5.75 Å². The largest absolute Gasteiger partial charge is 0.489 e. The van der Waals surface area contributed by atoms with Crippen LogP contribution < -0.4 is 4.74 Å². The maximum atomic E-state index is 11.0. The summed E-state index contributed by atoms with van der Waals surface area (Å²) in [6.07, 6.45) is 17.2. The summed E-state index contributed by atoms with van der Waals surface area (Å²) in [5.74, 6) is 0.270. The fourth-order valence-corrected chi connectivity index (χ4v) is 5.04. The lowest BCUT2D eigenvalue weighted by Gasteiger charge is -2.22. The molecule has 0 saturated heterocycles. The predicted octanol–water partition coefficient (Wildman–Crippen LogP) is 9.70. The van der Waals surface area contributed by atoms with Crippen LogP contribution in [0.15, 0.2) is 54.6 Å². The Hall–Kier alpha value is -2.55. The maximum Gasteiger partial charge on any atom is 0.303 e. The van der Waals surface area contributed by atoms with Crippen molar-refractivity contribution in [3.8, 4) is 5.75 Å². The van der Waals surface area contributed by atoms with Crippen molar-refractivity contribution in [1.82, 2.24) is 0 Å². The van der Waals surface area contributed by atoms with Gasteiger partial charge < -0.3 is 9.84 Å². The molecular weight excluding hydrogens is 432 g/mol. The van der Waals surface area contributed by atoms with Crippen LogP contribution in [0, 0.1) is 0 Å². The Morgan fingerprint density at radius 1 is 0.714 bits per heavy atom. The molecule has 0 spiro atoms. The molecule has 3 rings (SSSR count). The second-order valence-corrected chi connectivity index (χ2v) is 10.00. The Kier molecular flexibility index (Phi) is 11.9.